The number of benzene rings is 2. The van der Waals surface area contributed by atoms with E-state index in [1.165, 1.54) is 12.1 Å². The van der Waals surface area contributed by atoms with Gasteiger partial charge in [-0.1, -0.05) is 57.2 Å². The zero-order valence-electron chi connectivity index (χ0n) is 26.3. The molecule has 2 aromatic rings. The van der Waals surface area contributed by atoms with Crippen LogP contribution in [0.3, 0.4) is 0 Å². The number of aliphatic imine (C=N–C) groups is 1. The highest BCUT2D eigenvalue weighted by Crippen LogP contribution is 2.30. The SMILES string of the molecule is CC(C)[C@H]1NC(=O)[C@@H](Cc2cccc(C(F)(F)F)c2)NCCOc2ccccc2C[C@@H](C)CNC(=O)[C@H](CCN=C(N)N)NC1=O. The zero-order valence-corrected chi connectivity index (χ0v) is 26.3. The number of halogens is 3. The third-order valence-electron chi connectivity index (χ3n) is 7.52. The summed E-state index contributed by atoms with van der Waals surface area (Å²) in [6, 6.07) is 9.17. The molecule has 1 aliphatic heterocycles. The van der Waals surface area contributed by atoms with Crippen LogP contribution in [0.1, 0.15) is 43.9 Å². The van der Waals surface area contributed by atoms with Crippen LogP contribution in [0, 0.1) is 11.8 Å². The quantitative estimate of drug-likeness (QED) is 0.205. The molecule has 8 N–H and O–H groups in total. The molecule has 1 heterocycles. The highest BCUT2D eigenvalue weighted by molar-refractivity contribution is 5.93. The van der Waals surface area contributed by atoms with E-state index in [9.17, 15) is 27.6 Å². The molecule has 0 aromatic heterocycles. The Hall–Kier alpha value is -4.33. The van der Waals surface area contributed by atoms with Gasteiger partial charge in [0.25, 0.3) is 0 Å². The molecular weight excluding hydrogens is 603 g/mol. The second-order valence-electron chi connectivity index (χ2n) is 11.8. The molecule has 11 nitrogen and oxygen atoms in total. The number of hydrogen-bond donors (Lipinski definition) is 6. The molecule has 0 saturated carbocycles. The molecule has 4 atom stereocenters. The summed E-state index contributed by atoms with van der Waals surface area (Å²) >= 11 is 0. The van der Waals surface area contributed by atoms with Crippen LogP contribution >= 0.6 is 0 Å². The Morgan fingerprint density at radius 3 is 2.43 bits per heavy atom. The van der Waals surface area contributed by atoms with Gasteiger partial charge >= 0.3 is 6.18 Å². The van der Waals surface area contributed by atoms with E-state index in [4.69, 9.17) is 16.2 Å². The molecule has 0 aliphatic carbocycles. The molecule has 0 fully saturated rings. The summed E-state index contributed by atoms with van der Waals surface area (Å²) in [5, 5.41) is 11.5. The number of hydrogen-bond acceptors (Lipinski definition) is 6. The maximum atomic E-state index is 13.6. The normalized spacial score (nSPS) is 22.3. The van der Waals surface area contributed by atoms with Crippen LogP contribution in [-0.4, -0.2) is 68.0 Å². The van der Waals surface area contributed by atoms with E-state index in [1.54, 1.807) is 13.8 Å². The number of nitrogens with two attached hydrogens (primary N) is 2. The lowest BCUT2D eigenvalue weighted by molar-refractivity contribution is -0.137. The molecule has 14 heteroatoms. The molecule has 0 saturated heterocycles. The number of para-hydroxylation sites is 1. The van der Waals surface area contributed by atoms with Crippen molar-refractivity contribution in [3.63, 3.8) is 0 Å². The molecule has 2 aromatic carbocycles. The maximum absolute atomic E-state index is 13.6. The number of rotatable bonds is 6. The van der Waals surface area contributed by atoms with Gasteiger partial charge in [0.15, 0.2) is 5.96 Å². The van der Waals surface area contributed by atoms with Gasteiger partial charge in [-0.15, -0.1) is 0 Å². The second kappa shape index (κ2) is 16.8. The lowest BCUT2D eigenvalue weighted by atomic mass is 9.99. The first-order valence-electron chi connectivity index (χ1n) is 15.3. The first-order chi connectivity index (χ1) is 21.7. The smallest absolute Gasteiger partial charge is 0.416 e. The predicted octanol–water partition coefficient (Wildman–Crippen LogP) is 1.88. The molecule has 46 heavy (non-hydrogen) atoms. The minimum absolute atomic E-state index is 0.0133. The lowest BCUT2D eigenvalue weighted by Gasteiger charge is -2.28. The van der Waals surface area contributed by atoms with E-state index in [2.05, 4.69) is 26.3 Å². The molecule has 3 rings (SSSR count). The van der Waals surface area contributed by atoms with Gasteiger partial charge in [0.1, 0.15) is 24.4 Å². The van der Waals surface area contributed by atoms with Crippen LogP contribution in [0.25, 0.3) is 0 Å². The van der Waals surface area contributed by atoms with Crippen molar-refractivity contribution in [1.29, 1.82) is 0 Å². The fourth-order valence-electron chi connectivity index (χ4n) is 5.06. The highest BCUT2D eigenvalue weighted by atomic mass is 19.4. The largest absolute Gasteiger partial charge is 0.492 e. The number of carbonyl (C=O) groups excluding carboxylic acids is 3. The minimum Gasteiger partial charge on any atom is -0.492 e. The monoisotopic (exact) mass is 647 g/mol. The van der Waals surface area contributed by atoms with Crippen LogP contribution in [0.15, 0.2) is 53.5 Å². The fraction of sp³-hybridized carbons (Fsp3) is 0.500. The number of guanidine groups is 1. The molecule has 252 valence electrons. The summed E-state index contributed by atoms with van der Waals surface area (Å²) in [5.41, 5.74) is 11.3. The third kappa shape index (κ3) is 11.2. The van der Waals surface area contributed by atoms with Gasteiger partial charge < -0.3 is 37.5 Å². The van der Waals surface area contributed by atoms with Crippen molar-refractivity contribution < 1.29 is 32.3 Å². The number of amides is 3. The van der Waals surface area contributed by atoms with Gasteiger partial charge in [0, 0.05) is 19.6 Å². The number of carbonyl (C=O) groups is 3. The van der Waals surface area contributed by atoms with Gasteiger partial charge in [-0.2, -0.15) is 13.2 Å². The van der Waals surface area contributed by atoms with Crippen LogP contribution in [-0.2, 0) is 33.4 Å². The van der Waals surface area contributed by atoms with Crippen molar-refractivity contribution in [2.24, 2.45) is 28.3 Å². The van der Waals surface area contributed by atoms with Crippen molar-refractivity contribution in [3.8, 4) is 5.75 Å². The number of ether oxygens (including phenoxy) is 1. The Morgan fingerprint density at radius 2 is 1.74 bits per heavy atom. The van der Waals surface area contributed by atoms with Crippen molar-refractivity contribution in [1.82, 2.24) is 21.3 Å². The summed E-state index contributed by atoms with van der Waals surface area (Å²) in [6.45, 7) is 6.20. The van der Waals surface area contributed by atoms with E-state index < -0.39 is 53.5 Å². The van der Waals surface area contributed by atoms with E-state index in [1.807, 2.05) is 31.2 Å². The van der Waals surface area contributed by atoms with Gasteiger partial charge in [0.2, 0.25) is 17.7 Å². The Balaban J connectivity index is 1.93. The van der Waals surface area contributed by atoms with E-state index in [-0.39, 0.29) is 50.0 Å². The molecule has 0 bridgehead atoms. The predicted molar refractivity (Wildman–Crippen MR) is 169 cm³/mol. The average molecular weight is 648 g/mol. The number of fused-ring (bicyclic) bond motifs is 1. The van der Waals surface area contributed by atoms with Crippen LogP contribution < -0.4 is 37.5 Å². The van der Waals surface area contributed by atoms with Crippen molar-refractivity contribution >= 4 is 23.7 Å². The Labute approximate surface area is 267 Å². The number of alkyl halides is 3. The standard InChI is InChI=1S/C32H44F3N7O4/c1-19(2)27-30(45)41-24(11-12-39-31(36)37)28(43)40-18-20(3)15-22-8-4-5-10-26(22)46-14-13-38-25(29(44)42-27)17-21-7-6-9-23(16-21)32(33,34)35/h4-10,16,19-20,24-25,27,38H,11-15,17-18H2,1-3H3,(H,40,43)(H,41,45)(H,42,44)(H4,36,37,39)/t20-,24+,25-,27-/m1/s1. The van der Waals surface area contributed by atoms with Crippen molar-refractivity contribution in [2.75, 3.05) is 26.2 Å². The second-order valence-corrected chi connectivity index (χ2v) is 11.8. The molecule has 0 radical (unpaired) electrons. The van der Waals surface area contributed by atoms with Gasteiger partial charge in [-0.3, -0.25) is 19.4 Å². The molecule has 0 spiro atoms. The number of nitrogens with one attached hydrogen (secondary N) is 4. The first-order valence-corrected chi connectivity index (χ1v) is 15.3. The lowest BCUT2D eigenvalue weighted by Crippen LogP contribution is -2.58. The summed E-state index contributed by atoms with van der Waals surface area (Å²) in [5.74, 6) is -1.53. The van der Waals surface area contributed by atoms with Crippen molar-refractivity contribution in [3.05, 3.63) is 65.2 Å². The summed E-state index contributed by atoms with van der Waals surface area (Å²) in [7, 11) is 0. The Kier molecular flexibility index (Phi) is 13.2. The third-order valence-corrected chi connectivity index (χ3v) is 7.52. The van der Waals surface area contributed by atoms with E-state index >= 15 is 0 Å². The molecule has 0 unspecified atom stereocenters. The van der Waals surface area contributed by atoms with Gasteiger partial charge in [0.05, 0.1) is 11.6 Å². The Morgan fingerprint density at radius 1 is 1.00 bits per heavy atom. The maximum Gasteiger partial charge on any atom is 0.416 e. The van der Waals surface area contributed by atoms with Crippen LogP contribution in [0.5, 0.6) is 5.75 Å². The van der Waals surface area contributed by atoms with Gasteiger partial charge in [-0.25, -0.2) is 0 Å². The topological polar surface area (TPSA) is 173 Å². The van der Waals surface area contributed by atoms with E-state index in [0.29, 0.717) is 18.7 Å². The molecular formula is C32H44F3N7O4. The fourth-order valence-corrected chi connectivity index (χ4v) is 5.06. The Bertz CT molecular complexity index is 1370. The highest BCUT2D eigenvalue weighted by Gasteiger charge is 2.33. The van der Waals surface area contributed by atoms with E-state index in [0.717, 1.165) is 17.7 Å². The summed E-state index contributed by atoms with van der Waals surface area (Å²) in [6.07, 6.45) is -3.95. The van der Waals surface area contributed by atoms with Crippen molar-refractivity contribution in [2.45, 2.75) is 64.3 Å². The zero-order chi connectivity index (χ0) is 33.9. The number of nitrogens with zero attached hydrogens (tertiary/aromatic N) is 1. The van der Waals surface area contributed by atoms with Gasteiger partial charge in [-0.05, 0) is 54.4 Å². The average Bonchev–Trinajstić information content (AvgIpc) is 2.99. The molecule has 1 aliphatic rings. The van der Waals surface area contributed by atoms with Crippen LogP contribution in [0.4, 0.5) is 13.2 Å². The first kappa shape index (κ1) is 36.1. The van der Waals surface area contributed by atoms with Crippen LogP contribution in [0.2, 0.25) is 0 Å². The summed E-state index contributed by atoms with van der Waals surface area (Å²) < 4.78 is 46.3. The summed E-state index contributed by atoms with van der Waals surface area (Å²) in [4.78, 5) is 44.4. The minimum atomic E-state index is -4.55. The molecule has 3 amide bonds.